The number of aryl methyl sites for hydroxylation is 1. The maximum absolute atomic E-state index is 13.2. The molecular formula is C25H39N5O4S. The first-order valence-corrected chi connectivity index (χ1v) is 13.6. The van der Waals surface area contributed by atoms with Crippen LogP contribution in [0.4, 0.5) is 6.01 Å². The van der Waals surface area contributed by atoms with Gasteiger partial charge in [-0.05, 0) is 32.8 Å². The Hall–Kier alpha value is -2.46. The summed E-state index contributed by atoms with van der Waals surface area (Å²) in [6.07, 6.45) is 7.08. The predicted octanol–water partition coefficient (Wildman–Crippen LogP) is 3.61. The van der Waals surface area contributed by atoms with Crippen molar-refractivity contribution in [3.05, 3.63) is 20.9 Å². The van der Waals surface area contributed by atoms with E-state index in [1.807, 2.05) is 13.8 Å². The summed E-state index contributed by atoms with van der Waals surface area (Å²) in [4.78, 5) is 47.3. The quantitative estimate of drug-likeness (QED) is 0.424. The summed E-state index contributed by atoms with van der Waals surface area (Å²) in [6.45, 7) is 11.2. The van der Waals surface area contributed by atoms with Crippen LogP contribution in [0.25, 0.3) is 10.2 Å². The van der Waals surface area contributed by atoms with Crippen LogP contribution in [0.3, 0.4) is 0 Å². The highest BCUT2D eigenvalue weighted by atomic mass is 32.1. The van der Waals surface area contributed by atoms with E-state index >= 15 is 0 Å². The second-order valence-electron chi connectivity index (χ2n) is 9.53. The van der Waals surface area contributed by atoms with Crippen LogP contribution in [0.5, 0.6) is 0 Å². The lowest BCUT2D eigenvalue weighted by Gasteiger charge is -2.34. The topological polar surface area (TPSA) is 108 Å². The van der Waals surface area contributed by atoms with Crippen LogP contribution in [0, 0.1) is 6.92 Å². The number of nitrogens with one attached hydrogen (secondary N) is 2. The van der Waals surface area contributed by atoms with Gasteiger partial charge >= 0.3 is 5.63 Å². The van der Waals surface area contributed by atoms with Crippen molar-refractivity contribution in [1.82, 2.24) is 20.1 Å². The van der Waals surface area contributed by atoms with E-state index < -0.39 is 5.63 Å². The average Bonchev–Trinajstić information content (AvgIpc) is 3.14. The molecule has 9 nitrogen and oxygen atoms in total. The number of piperazine rings is 1. The van der Waals surface area contributed by atoms with Crippen molar-refractivity contribution >= 4 is 39.4 Å². The molecule has 2 amide bonds. The fourth-order valence-corrected chi connectivity index (χ4v) is 5.41. The van der Waals surface area contributed by atoms with Crippen LogP contribution in [-0.4, -0.2) is 71.9 Å². The monoisotopic (exact) mass is 505 g/mol. The highest BCUT2D eigenvalue weighted by molar-refractivity contribution is 7.20. The van der Waals surface area contributed by atoms with E-state index in [1.165, 1.54) is 37.0 Å². The normalized spacial score (nSPS) is 14.6. The molecule has 194 valence electrons. The highest BCUT2D eigenvalue weighted by Gasteiger charge is 2.27. The van der Waals surface area contributed by atoms with Gasteiger partial charge in [-0.1, -0.05) is 39.0 Å². The second kappa shape index (κ2) is 13.0. The number of thiophene rings is 1. The first-order valence-electron chi connectivity index (χ1n) is 12.8. The van der Waals surface area contributed by atoms with E-state index in [9.17, 15) is 14.4 Å². The summed E-state index contributed by atoms with van der Waals surface area (Å²) in [6, 6.07) is 0.323. The third kappa shape index (κ3) is 7.51. The lowest BCUT2D eigenvalue weighted by Crippen LogP contribution is -2.51. The fraction of sp³-hybridized carbons (Fsp3) is 0.680. The average molecular weight is 506 g/mol. The van der Waals surface area contributed by atoms with Gasteiger partial charge in [0.2, 0.25) is 5.91 Å². The lowest BCUT2D eigenvalue weighted by atomic mass is 10.1. The first-order chi connectivity index (χ1) is 16.8. The molecular weight excluding hydrogens is 466 g/mol. The van der Waals surface area contributed by atoms with Gasteiger partial charge in [-0.3, -0.25) is 14.5 Å². The number of hydrogen-bond donors (Lipinski definition) is 2. The van der Waals surface area contributed by atoms with Crippen molar-refractivity contribution in [3.8, 4) is 0 Å². The maximum atomic E-state index is 13.2. The Balaban J connectivity index is 1.59. The van der Waals surface area contributed by atoms with E-state index in [2.05, 4.69) is 27.4 Å². The van der Waals surface area contributed by atoms with Crippen molar-refractivity contribution in [3.63, 3.8) is 0 Å². The van der Waals surface area contributed by atoms with Crippen molar-refractivity contribution < 1.29 is 14.0 Å². The largest absolute Gasteiger partial charge is 0.389 e. The van der Waals surface area contributed by atoms with Gasteiger partial charge in [0.1, 0.15) is 10.2 Å². The molecule has 2 N–H and O–H groups in total. The Kier molecular flexibility index (Phi) is 10.1. The molecule has 3 rings (SSSR count). The van der Waals surface area contributed by atoms with E-state index in [0.717, 1.165) is 12.8 Å². The Morgan fingerprint density at radius 3 is 2.46 bits per heavy atom. The van der Waals surface area contributed by atoms with Crippen molar-refractivity contribution in [1.29, 1.82) is 0 Å². The maximum Gasteiger partial charge on any atom is 0.349 e. The molecule has 0 saturated carbocycles. The van der Waals surface area contributed by atoms with Gasteiger partial charge in [0.15, 0.2) is 0 Å². The third-order valence-electron chi connectivity index (χ3n) is 6.20. The number of nitrogens with zero attached hydrogens (tertiary/aromatic N) is 3. The fourth-order valence-electron chi connectivity index (χ4n) is 4.27. The molecule has 1 fully saturated rings. The van der Waals surface area contributed by atoms with E-state index in [-0.39, 0.29) is 23.9 Å². The number of carbonyl (C=O) groups is 2. The zero-order valence-corrected chi connectivity index (χ0v) is 22.3. The zero-order valence-electron chi connectivity index (χ0n) is 21.4. The number of carbonyl (C=O) groups excluding carboxylic acids is 2. The second-order valence-corrected chi connectivity index (χ2v) is 10.5. The third-order valence-corrected chi connectivity index (χ3v) is 7.38. The number of unbranched alkanes of at least 4 members (excludes halogenated alkanes) is 5. The Morgan fingerprint density at radius 2 is 1.77 bits per heavy atom. The van der Waals surface area contributed by atoms with Crippen LogP contribution in [0.2, 0.25) is 0 Å². The highest BCUT2D eigenvalue weighted by Crippen LogP contribution is 2.29. The van der Waals surface area contributed by atoms with Crippen molar-refractivity contribution in [2.75, 3.05) is 44.6 Å². The lowest BCUT2D eigenvalue weighted by molar-refractivity contribution is -0.123. The molecule has 1 aliphatic rings. The molecule has 2 aromatic rings. The smallest absolute Gasteiger partial charge is 0.349 e. The van der Waals surface area contributed by atoms with Gasteiger partial charge < -0.3 is 20.0 Å². The van der Waals surface area contributed by atoms with Gasteiger partial charge in [0, 0.05) is 38.8 Å². The number of aromatic nitrogens is 1. The minimum Gasteiger partial charge on any atom is -0.389 e. The summed E-state index contributed by atoms with van der Waals surface area (Å²) >= 11 is 1.25. The van der Waals surface area contributed by atoms with Crippen molar-refractivity contribution in [2.24, 2.45) is 0 Å². The van der Waals surface area contributed by atoms with Crippen LogP contribution >= 0.6 is 11.3 Å². The SMILES string of the molecule is CCCCCCCCNc1nc2sc(C(=O)N3CCN(CC(=O)NC(C)C)CC3)c(C)c2c(=O)o1. The van der Waals surface area contributed by atoms with Gasteiger partial charge in [-0.25, -0.2) is 4.79 Å². The molecule has 10 heteroatoms. The summed E-state index contributed by atoms with van der Waals surface area (Å²) in [5.74, 6) is -0.100. The molecule has 0 atom stereocenters. The summed E-state index contributed by atoms with van der Waals surface area (Å²) in [7, 11) is 0. The van der Waals surface area contributed by atoms with E-state index in [4.69, 9.17) is 4.42 Å². The summed E-state index contributed by atoms with van der Waals surface area (Å²) in [5, 5.41) is 6.40. The number of anilines is 1. The van der Waals surface area contributed by atoms with Gasteiger partial charge in [0.05, 0.1) is 11.4 Å². The van der Waals surface area contributed by atoms with Gasteiger partial charge in [-0.15, -0.1) is 11.3 Å². The molecule has 3 heterocycles. The molecule has 1 saturated heterocycles. The molecule has 0 radical (unpaired) electrons. The predicted molar refractivity (Wildman–Crippen MR) is 140 cm³/mol. The Bertz CT molecular complexity index is 1060. The Morgan fingerprint density at radius 1 is 1.09 bits per heavy atom. The van der Waals surface area contributed by atoms with Crippen LogP contribution in [0.1, 0.15) is 74.5 Å². The molecule has 0 spiro atoms. The number of rotatable bonds is 12. The number of amides is 2. The standard InChI is InChI=1S/C25H39N5O4S/c1-5-6-7-8-9-10-11-26-25-28-22-20(24(33)34-25)18(4)21(35-22)23(32)30-14-12-29(13-15-30)16-19(31)27-17(2)3/h17H,5-16H2,1-4H3,(H,26,28)(H,27,31). The Labute approximate surface area is 211 Å². The molecule has 0 aromatic carbocycles. The molecule has 0 unspecified atom stereocenters. The zero-order chi connectivity index (χ0) is 25.4. The van der Waals surface area contributed by atoms with E-state index in [0.29, 0.717) is 59.9 Å². The van der Waals surface area contributed by atoms with Gasteiger partial charge in [-0.2, -0.15) is 4.98 Å². The van der Waals surface area contributed by atoms with Crippen LogP contribution in [0.15, 0.2) is 9.21 Å². The molecule has 0 bridgehead atoms. The minimum atomic E-state index is -0.464. The first kappa shape index (κ1) is 27.1. The molecule has 0 aliphatic carbocycles. The number of fused-ring (bicyclic) bond motifs is 1. The minimum absolute atomic E-state index is 0.00108. The van der Waals surface area contributed by atoms with E-state index in [1.54, 1.807) is 11.8 Å². The molecule has 1 aliphatic heterocycles. The molecule has 35 heavy (non-hydrogen) atoms. The van der Waals surface area contributed by atoms with Crippen LogP contribution in [-0.2, 0) is 4.79 Å². The van der Waals surface area contributed by atoms with Crippen LogP contribution < -0.4 is 16.3 Å². The van der Waals surface area contributed by atoms with Crippen molar-refractivity contribution in [2.45, 2.75) is 72.3 Å². The van der Waals surface area contributed by atoms with Gasteiger partial charge in [0.25, 0.3) is 11.9 Å². The summed E-state index contributed by atoms with van der Waals surface area (Å²) < 4.78 is 5.39. The molecule has 2 aromatic heterocycles. The number of hydrogen-bond acceptors (Lipinski definition) is 8. The summed E-state index contributed by atoms with van der Waals surface area (Å²) in [5.41, 5.74) is 0.159.